The molecular formula is C13H14F2N2O. The van der Waals surface area contributed by atoms with E-state index in [4.69, 9.17) is 0 Å². The molecule has 2 rings (SSSR count). The molecule has 1 N–H and O–H groups in total. The van der Waals surface area contributed by atoms with Gasteiger partial charge in [-0.25, -0.2) is 0 Å². The number of nitrogens with one attached hydrogen (secondary N) is 1. The van der Waals surface area contributed by atoms with E-state index in [0.29, 0.717) is 5.56 Å². The summed E-state index contributed by atoms with van der Waals surface area (Å²) >= 11 is 0. The second kappa shape index (κ2) is 5.53. The predicted molar refractivity (Wildman–Crippen MR) is 65.3 cm³/mol. The van der Waals surface area contributed by atoms with Gasteiger partial charge in [-0.05, 0) is 25.1 Å². The summed E-state index contributed by atoms with van der Waals surface area (Å²) in [5.41, 5.74) is 3.83. The zero-order valence-corrected chi connectivity index (χ0v) is 9.88. The van der Waals surface area contributed by atoms with Crippen molar-refractivity contribution in [2.45, 2.75) is 19.6 Å². The van der Waals surface area contributed by atoms with Crippen LogP contribution in [-0.2, 0) is 0 Å². The molecule has 0 radical (unpaired) electrons. The number of hydrogen-bond acceptors (Lipinski definition) is 2. The molecule has 1 atom stereocenters. The second-order valence-corrected chi connectivity index (χ2v) is 3.86. The molecule has 5 heteroatoms. The molecule has 0 aliphatic carbocycles. The molecule has 3 nitrogen and oxygen atoms in total. The van der Waals surface area contributed by atoms with E-state index in [9.17, 15) is 8.78 Å². The van der Waals surface area contributed by atoms with Crippen LogP contribution >= 0.6 is 0 Å². The summed E-state index contributed by atoms with van der Waals surface area (Å²) in [4.78, 5) is 0. The predicted octanol–water partition coefficient (Wildman–Crippen LogP) is 3.39. The number of halogens is 2. The van der Waals surface area contributed by atoms with Gasteiger partial charge in [-0.15, -0.1) is 0 Å². The third kappa shape index (κ3) is 3.00. The Morgan fingerprint density at radius 1 is 1.11 bits per heavy atom. The lowest BCUT2D eigenvalue weighted by molar-refractivity contribution is -0.0505. The van der Waals surface area contributed by atoms with Crippen LogP contribution in [0.1, 0.15) is 18.5 Å². The average molecular weight is 252 g/mol. The fourth-order valence-corrected chi connectivity index (χ4v) is 1.76. The number of ether oxygens (including phenoxy) is 1. The second-order valence-electron chi connectivity index (χ2n) is 3.86. The van der Waals surface area contributed by atoms with Crippen molar-refractivity contribution in [3.8, 4) is 5.75 Å². The van der Waals surface area contributed by atoms with Crippen molar-refractivity contribution in [2.24, 2.45) is 0 Å². The van der Waals surface area contributed by atoms with Gasteiger partial charge in [0.05, 0.1) is 6.04 Å². The van der Waals surface area contributed by atoms with E-state index >= 15 is 0 Å². The van der Waals surface area contributed by atoms with E-state index < -0.39 is 6.61 Å². The maximum Gasteiger partial charge on any atom is 0.387 e. The van der Waals surface area contributed by atoms with Crippen molar-refractivity contribution in [2.75, 3.05) is 5.43 Å². The highest BCUT2D eigenvalue weighted by Crippen LogP contribution is 2.26. The topological polar surface area (TPSA) is 26.2 Å². The van der Waals surface area contributed by atoms with Crippen molar-refractivity contribution >= 4 is 0 Å². The van der Waals surface area contributed by atoms with Gasteiger partial charge in [0, 0.05) is 18.0 Å². The first-order valence-corrected chi connectivity index (χ1v) is 5.60. The molecule has 0 aliphatic heterocycles. The Morgan fingerprint density at radius 2 is 1.78 bits per heavy atom. The van der Waals surface area contributed by atoms with Gasteiger partial charge >= 0.3 is 6.61 Å². The minimum absolute atomic E-state index is 0.146. The number of rotatable bonds is 5. The van der Waals surface area contributed by atoms with E-state index in [0.717, 1.165) is 0 Å². The average Bonchev–Trinajstić information content (AvgIpc) is 2.81. The van der Waals surface area contributed by atoms with Crippen LogP contribution in [0.2, 0.25) is 0 Å². The summed E-state index contributed by atoms with van der Waals surface area (Å²) in [6.45, 7) is -0.932. The number of benzene rings is 1. The molecular weight excluding hydrogens is 238 g/mol. The zero-order chi connectivity index (χ0) is 13.0. The summed E-state index contributed by atoms with van der Waals surface area (Å²) in [6.07, 6.45) is 3.68. The van der Waals surface area contributed by atoms with Crippen molar-refractivity contribution in [3.63, 3.8) is 0 Å². The Hall–Kier alpha value is -2.04. The van der Waals surface area contributed by atoms with Gasteiger partial charge in [-0.1, -0.05) is 18.2 Å². The molecule has 18 heavy (non-hydrogen) atoms. The lowest BCUT2D eigenvalue weighted by atomic mass is 10.1. The molecule has 1 aromatic carbocycles. The quantitative estimate of drug-likeness (QED) is 0.882. The van der Waals surface area contributed by atoms with Gasteiger partial charge in [-0.3, -0.25) is 4.68 Å². The third-order valence-corrected chi connectivity index (χ3v) is 2.55. The van der Waals surface area contributed by atoms with Crippen molar-refractivity contribution in [1.82, 2.24) is 4.68 Å². The Kier molecular flexibility index (Phi) is 3.82. The van der Waals surface area contributed by atoms with Gasteiger partial charge in [0.25, 0.3) is 0 Å². The number of alkyl halides is 2. The van der Waals surface area contributed by atoms with Crippen molar-refractivity contribution < 1.29 is 13.5 Å². The normalized spacial score (nSPS) is 12.4. The van der Waals surface area contributed by atoms with E-state index in [2.05, 4.69) is 10.2 Å². The SMILES string of the molecule is CC(Nn1cccc1)c1ccccc1OC(F)F. The maximum atomic E-state index is 12.3. The smallest absolute Gasteiger partial charge is 0.387 e. The molecule has 0 spiro atoms. The monoisotopic (exact) mass is 252 g/mol. The number of aromatic nitrogens is 1. The molecule has 0 saturated carbocycles. The Labute approximate surface area is 104 Å². The lowest BCUT2D eigenvalue weighted by Gasteiger charge is -2.19. The maximum absolute atomic E-state index is 12.3. The first-order valence-electron chi connectivity index (χ1n) is 5.60. The Morgan fingerprint density at radius 3 is 2.44 bits per heavy atom. The van der Waals surface area contributed by atoms with Crippen LogP contribution in [0.15, 0.2) is 48.8 Å². The summed E-state index contributed by atoms with van der Waals surface area (Å²) in [6, 6.07) is 10.4. The zero-order valence-electron chi connectivity index (χ0n) is 9.88. The van der Waals surface area contributed by atoms with Crippen LogP contribution in [0.25, 0.3) is 0 Å². The van der Waals surface area contributed by atoms with Gasteiger partial charge in [0.1, 0.15) is 5.75 Å². The Bertz CT molecular complexity index is 485. The van der Waals surface area contributed by atoms with Gasteiger partial charge in [0.15, 0.2) is 0 Å². The van der Waals surface area contributed by atoms with Gasteiger partial charge in [-0.2, -0.15) is 8.78 Å². The van der Waals surface area contributed by atoms with Crippen molar-refractivity contribution in [3.05, 3.63) is 54.4 Å². The lowest BCUT2D eigenvalue weighted by Crippen LogP contribution is -2.18. The fourth-order valence-electron chi connectivity index (χ4n) is 1.76. The molecule has 0 aliphatic rings. The minimum atomic E-state index is -2.81. The first kappa shape index (κ1) is 12.4. The van der Waals surface area contributed by atoms with E-state index in [1.54, 1.807) is 22.9 Å². The van der Waals surface area contributed by atoms with Crippen LogP contribution < -0.4 is 10.2 Å². The third-order valence-electron chi connectivity index (χ3n) is 2.55. The highest BCUT2D eigenvalue weighted by Gasteiger charge is 2.14. The molecule has 1 heterocycles. The molecule has 1 unspecified atom stereocenters. The number of nitrogens with zero attached hydrogens (tertiary/aromatic N) is 1. The summed E-state index contributed by atoms with van der Waals surface area (Å²) < 4.78 is 30.9. The first-order chi connectivity index (χ1) is 8.66. The Balaban J connectivity index is 2.16. The van der Waals surface area contributed by atoms with Gasteiger partial charge in [0.2, 0.25) is 0 Å². The fraction of sp³-hybridized carbons (Fsp3) is 0.231. The molecule has 2 aromatic rings. The molecule has 96 valence electrons. The van der Waals surface area contributed by atoms with Gasteiger partial charge < -0.3 is 10.2 Å². The molecule has 1 aromatic heterocycles. The van der Waals surface area contributed by atoms with E-state index in [1.807, 2.05) is 31.5 Å². The van der Waals surface area contributed by atoms with Crippen LogP contribution in [0, 0.1) is 0 Å². The summed E-state index contributed by atoms with van der Waals surface area (Å²) in [5.74, 6) is 0.194. The highest BCUT2D eigenvalue weighted by molar-refractivity contribution is 5.36. The number of hydrogen-bond donors (Lipinski definition) is 1. The van der Waals surface area contributed by atoms with E-state index in [-0.39, 0.29) is 11.8 Å². The van der Waals surface area contributed by atoms with Crippen molar-refractivity contribution in [1.29, 1.82) is 0 Å². The molecule has 0 amide bonds. The summed E-state index contributed by atoms with van der Waals surface area (Å²) in [7, 11) is 0. The van der Waals surface area contributed by atoms with Crippen LogP contribution in [0.4, 0.5) is 8.78 Å². The molecule has 0 bridgehead atoms. The van der Waals surface area contributed by atoms with Crippen LogP contribution in [0.5, 0.6) is 5.75 Å². The largest absolute Gasteiger partial charge is 0.434 e. The molecule has 0 fully saturated rings. The molecule has 0 saturated heterocycles. The standard InChI is InChI=1S/C13H14F2N2O/c1-10(16-17-8-4-5-9-17)11-6-2-3-7-12(11)18-13(14)15/h2-10,13,16H,1H3. The van der Waals surface area contributed by atoms with E-state index in [1.165, 1.54) is 6.07 Å². The highest BCUT2D eigenvalue weighted by atomic mass is 19.3. The van der Waals surface area contributed by atoms with Crippen LogP contribution in [0.3, 0.4) is 0 Å². The minimum Gasteiger partial charge on any atom is -0.434 e. The number of para-hydroxylation sites is 1. The van der Waals surface area contributed by atoms with Crippen LogP contribution in [-0.4, -0.2) is 11.3 Å². The summed E-state index contributed by atoms with van der Waals surface area (Å²) in [5, 5.41) is 0.